The first-order chi connectivity index (χ1) is 11.3. The highest BCUT2D eigenvalue weighted by Gasteiger charge is 2.08. The van der Waals surface area contributed by atoms with Crippen LogP contribution in [0.3, 0.4) is 0 Å². The Morgan fingerprint density at radius 2 is 1.79 bits per heavy atom. The number of imidazole rings is 1. The average Bonchev–Trinajstić information content (AvgIpc) is 2.87. The standard InChI is InChI=1S/C7H8N4O2.C5H8N4O2/c1-10-3-8-5-4(10)6(12)9-7(13)11(5)2;1-7-9-4(10)2-3(6)8-5(9)11/h3H,1-2H3,(H,9,12,13);2,7H,6H2,1H3,(H,8,11). The van der Waals surface area contributed by atoms with E-state index < -0.39 is 22.5 Å². The number of H-pyrrole nitrogens is 2. The van der Waals surface area contributed by atoms with Crippen molar-refractivity contribution in [1.82, 2.24) is 28.8 Å². The van der Waals surface area contributed by atoms with Gasteiger partial charge in [-0.15, -0.1) is 0 Å². The molecule has 0 fully saturated rings. The van der Waals surface area contributed by atoms with Crippen LogP contribution in [-0.4, -0.2) is 35.8 Å². The molecule has 0 radical (unpaired) electrons. The van der Waals surface area contributed by atoms with Crippen molar-refractivity contribution in [3.8, 4) is 0 Å². The van der Waals surface area contributed by atoms with Gasteiger partial charge in [0, 0.05) is 27.2 Å². The minimum atomic E-state index is -0.572. The van der Waals surface area contributed by atoms with Gasteiger partial charge in [0.1, 0.15) is 5.82 Å². The Balaban J connectivity index is 0.000000177. The number of nitrogen functional groups attached to an aromatic ring is 1. The van der Waals surface area contributed by atoms with Crippen LogP contribution >= 0.6 is 0 Å². The third-order valence-corrected chi connectivity index (χ3v) is 3.15. The summed E-state index contributed by atoms with van der Waals surface area (Å²) in [5.41, 5.74) is 6.48. The smallest absolute Gasteiger partial charge is 0.348 e. The van der Waals surface area contributed by atoms with Crippen molar-refractivity contribution in [1.29, 1.82) is 0 Å². The molecule has 12 heteroatoms. The summed E-state index contributed by atoms with van der Waals surface area (Å²) in [6.07, 6.45) is 1.50. The van der Waals surface area contributed by atoms with Crippen LogP contribution in [0.5, 0.6) is 0 Å². The van der Waals surface area contributed by atoms with E-state index in [1.54, 1.807) is 18.7 Å². The molecular formula is C12H16N8O4. The maximum atomic E-state index is 11.3. The van der Waals surface area contributed by atoms with E-state index in [4.69, 9.17) is 5.73 Å². The molecule has 0 saturated heterocycles. The van der Waals surface area contributed by atoms with Gasteiger partial charge >= 0.3 is 11.4 Å². The molecule has 12 nitrogen and oxygen atoms in total. The molecule has 0 saturated carbocycles. The molecule has 3 rings (SSSR count). The van der Waals surface area contributed by atoms with E-state index in [9.17, 15) is 19.2 Å². The largest absolute Gasteiger partial charge is 0.385 e. The van der Waals surface area contributed by atoms with E-state index in [1.807, 2.05) is 0 Å². The molecular weight excluding hydrogens is 320 g/mol. The number of hydrogen-bond acceptors (Lipinski definition) is 7. The summed E-state index contributed by atoms with van der Waals surface area (Å²) >= 11 is 0. The number of nitrogens with two attached hydrogens (primary N) is 1. The number of rotatable bonds is 1. The third kappa shape index (κ3) is 2.97. The number of anilines is 1. The molecule has 0 aliphatic carbocycles. The minimum Gasteiger partial charge on any atom is -0.385 e. The number of aromatic nitrogens is 6. The van der Waals surface area contributed by atoms with E-state index in [0.717, 1.165) is 10.7 Å². The lowest BCUT2D eigenvalue weighted by Crippen LogP contribution is -2.39. The van der Waals surface area contributed by atoms with Crippen LogP contribution < -0.4 is 33.7 Å². The SMILES string of the molecule is CNn1c(=O)cc(N)[nH]c1=O.Cn1cnc2c1c(=O)[nH]c(=O)n2C. The number of aryl methyl sites for hydroxylation is 2. The van der Waals surface area contributed by atoms with Crippen LogP contribution in [0.1, 0.15) is 0 Å². The summed E-state index contributed by atoms with van der Waals surface area (Å²) in [4.78, 5) is 52.6. The lowest BCUT2D eigenvalue weighted by atomic mass is 10.5. The molecule has 0 aliphatic heterocycles. The third-order valence-electron chi connectivity index (χ3n) is 3.15. The molecule has 128 valence electrons. The summed E-state index contributed by atoms with van der Waals surface area (Å²) < 4.78 is 3.70. The molecule has 0 spiro atoms. The zero-order chi connectivity index (χ0) is 18.0. The van der Waals surface area contributed by atoms with Crippen molar-refractivity contribution >= 4 is 17.0 Å². The van der Waals surface area contributed by atoms with Crippen LogP contribution in [0.2, 0.25) is 0 Å². The molecule has 5 N–H and O–H groups in total. The topological polar surface area (TPSA) is 166 Å². The van der Waals surface area contributed by atoms with Gasteiger partial charge in [-0.3, -0.25) is 24.1 Å². The van der Waals surface area contributed by atoms with E-state index in [0.29, 0.717) is 11.2 Å². The Labute approximate surface area is 133 Å². The van der Waals surface area contributed by atoms with E-state index in [-0.39, 0.29) is 5.82 Å². The van der Waals surface area contributed by atoms with Gasteiger partial charge in [0.05, 0.1) is 6.33 Å². The fraction of sp³-hybridized carbons (Fsp3) is 0.250. The van der Waals surface area contributed by atoms with Crippen LogP contribution in [-0.2, 0) is 14.1 Å². The second kappa shape index (κ2) is 6.28. The first-order valence-electron chi connectivity index (χ1n) is 6.66. The predicted octanol–water partition coefficient (Wildman–Crippen LogP) is -2.75. The highest BCUT2D eigenvalue weighted by molar-refractivity contribution is 5.69. The number of fused-ring (bicyclic) bond motifs is 1. The molecule has 0 aromatic carbocycles. The molecule has 3 aromatic rings. The first-order valence-corrected chi connectivity index (χ1v) is 6.66. The van der Waals surface area contributed by atoms with Crippen molar-refractivity contribution in [2.75, 3.05) is 18.2 Å². The molecule has 0 unspecified atom stereocenters. The van der Waals surface area contributed by atoms with E-state index in [2.05, 4.69) is 20.4 Å². The Bertz CT molecular complexity index is 1080. The highest BCUT2D eigenvalue weighted by Crippen LogP contribution is 2.00. The Morgan fingerprint density at radius 3 is 2.38 bits per heavy atom. The van der Waals surface area contributed by atoms with Gasteiger partial charge in [-0.1, -0.05) is 0 Å². The molecule has 3 heterocycles. The molecule has 0 amide bonds. The first kappa shape index (κ1) is 16.8. The van der Waals surface area contributed by atoms with Crippen molar-refractivity contribution in [3.63, 3.8) is 0 Å². The van der Waals surface area contributed by atoms with Gasteiger partial charge in [-0.2, -0.15) is 4.68 Å². The van der Waals surface area contributed by atoms with Crippen LogP contribution in [0.4, 0.5) is 5.82 Å². The normalized spacial score (nSPS) is 10.3. The van der Waals surface area contributed by atoms with Crippen molar-refractivity contribution < 1.29 is 0 Å². The van der Waals surface area contributed by atoms with E-state index >= 15 is 0 Å². The maximum Gasteiger partial charge on any atom is 0.348 e. The second-order valence-corrected chi connectivity index (χ2v) is 4.77. The van der Waals surface area contributed by atoms with Gasteiger partial charge in [0.15, 0.2) is 11.2 Å². The lowest BCUT2D eigenvalue weighted by Gasteiger charge is -2.00. The highest BCUT2D eigenvalue weighted by atomic mass is 16.2. The zero-order valence-electron chi connectivity index (χ0n) is 13.2. The van der Waals surface area contributed by atoms with Crippen molar-refractivity contribution in [2.24, 2.45) is 14.1 Å². The Hall–Kier alpha value is -3.57. The maximum absolute atomic E-state index is 11.3. The van der Waals surface area contributed by atoms with Gasteiger partial charge in [-0.05, 0) is 0 Å². The van der Waals surface area contributed by atoms with Crippen LogP contribution in [0.15, 0.2) is 31.6 Å². The Morgan fingerprint density at radius 1 is 1.12 bits per heavy atom. The Kier molecular flexibility index (Phi) is 4.39. The number of hydrogen-bond donors (Lipinski definition) is 4. The molecule has 0 aliphatic rings. The monoisotopic (exact) mass is 336 g/mol. The average molecular weight is 336 g/mol. The second-order valence-electron chi connectivity index (χ2n) is 4.77. The van der Waals surface area contributed by atoms with Crippen molar-refractivity contribution in [2.45, 2.75) is 0 Å². The summed E-state index contributed by atoms with van der Waals surface area (Å²) in [5, 5.41) is 0. The lowest BCUT2D eigenvalue weighted by molar-refractivity contribution is 0.792. The number of nitrogens with one attached hydrogen (secondary N) is 3. The van der Waals surface area contributed by atoms with Crippen LogP contribution in [0, 0.1) is 0 Å². The molecule has 24 heavy (non-hydrogen) atoms. The van der Waals surface area contributed by atoms with Gasteiger partial charge in [0.2, 0.25) is 0 Å². The summed E-state index contributed by atoms with van der Waals surface area (Å²) in [6, 6.07) is 1.12. The van der Waals surface area contributed by atoms with Crippen LogP contribution in [0.25, 0.3) is 11.2 Å². The molecule has 3 aromatic heterocycles. The number of aromatic amines is 2. The quantitative estimate of drug-likeness (QED) is 0.374. The minimum absolute atomic E-state index is 0.0616. The fourth-order valence-electron chi connectivity index (χ4n) is 1.99. The summed E-state index contributed by atoms with van der Waals surface area (Å²) in [7, 11) is 4.73. The van der Waals surface area contributed by atoms with E-state index in [1.165, 1.54) is 17.9 Å². The van der Waals surface area contributed by atoms with Gasteiger partial charge in [-0.25, -0.2) is 14.6 Å². The van der Waals surface area contributed by atoms with Gasteiger partial charge in [0.25, 0.3) is 11.1 Å². The predicted molar refractivity (Wildman–Crippen MR) is 87.6 cm³/mol. The number of nitrogens with zero attached hydrogens (tertiary/aromatic N) is 4. The zero-order valence-corrected chi connectivity index (χ0v) is 13.2. The molecule has 0 atom stereocenters. The van der Waals surface area contributed by atoms with Gasteiger partial charge < -0.3 is 15.7 Å². The molecule has 0 bridgehead atoms. The van der Waals surface area contributed by atoms with Crippen molar-refractivity contribution in [3.05, 3.63) is 54.1 Å². The summed E-state index contributed by atoms with van der Waals surface area (Å²) in [5.74, 6) is 0.0616. The summed E-state index contributed by atoms with van der Waals surface area (Å²) in [6.45, 7) is 0. The fourth-order valence-corrected chi connectivity index (χ4v) is 1.99.